The van der Waals surface area contributed by atoms with E-state index in [1.165, 1.54) is 44.4 Å². The van der Waals surface area contributed by atoms with Crippen LogP contribution < -0.4 is 28.6 Å². The summed E-state index contributed by atoms with van der Waals surface area (Å²) in [7, 11) is 0.0744. The number of methoxy groups -OCH3 is 3. The number of hydrogen-bond donors (Lipinski definition) is 1. The third kappa shape index (κ3) is 8.34. The Kier molecular flexibility index (Phi) is 12.3. The summed E-state index contributed by atoms with van der Waals surface area (Å²) in [6, 6.07) is 16.9. The monoisotopic (exact) mass is 627 g/mol. The molecule has 0 radical (unpaired) electrons. The fourth-order valence-electron chi connectivity index (χ4n) is 4.45. The summed E-state index contributed by atoms with van der Waals surface area (Å²) in [5.74, 6) is 0.777. The summed E-state index contributed by atoms with van der Waals surface area (Å²) in [5.41, 5.74) is 0.948. The molecular formula is C32H41N3O8S. The average Bonchev–Trinajstić information content (AvgIpc) is 3.04. The highest BCUT2D eigenvalue weighted by molar-refractivity contribution is 7.92. The van der Waals surface area contributed by atoms with Gasteiger partial charge >= 0.3 is 0 Å². The Morgan fingerprint density at radius 3 is 2.18 bits per heavy atom. The number of carbonyl (C=O) groups excluding carboxylic acids is 2. The van der Waals surface area contributed by atoms with Crippen LogP contribution in [0.2, 0.25) is 0 Å². The Bertz CT molecular complexity index is 1510. The minimum atomic E-state index is -4.32. The van der Waals surface area contributed by atoms with Crippen LogP contribution in [0.4, 0.5) is 5.69 Å². The van der Waals surface area contributed by atoms with E-state index in [1.807, 2.05) is 19.9 Å². The third-order valence-corrected chi connectivity index (χ3v) is 8.63. The van der Waals surface area contributed by atoms with E-state index in [-0.39, 0.29) is 28.8 Å². The van der Waals surface area contributed by atoms with Gasteiger partial charge in [0.1, 0.15) is 24.1 Å². The molecule has 0 aromatic heterocycles. The molecule has 0 unspecified atom stereocenters. The van der Waals surface area contributed by atoms with Crippen LogP contribution in [0, 0.1) is 0 Å². The summed E-state index contributed by atoms with van der Waals surface area (Å²) in [5, 5.41) is 2.83. The average molecular weight is 628 g/mol. The van der Waals surface area contributed by atoms with Crippen LogP contribution in [0.15, 0.2) is 71.6 Å². The second-order valence-electron chi connectivity index (χ2n) is 9.80. The van der Waals surface area contributed by atoms with Crippen LogP contribution in [-0.2, 0) is 26.2 Å². The molecule has 1 N–H and O–H groups in total. The standard InChI is InChI=1S/C32H41N3O8S/c1-7-18-33-32(37)23(3)34(21-24-10-9-11-27(19-24)40-4)31(36)22-35(25-12-14-26(15-13-25)43-8-2)44(38,39)28-16-17-29(41-5)30(20-28)42-6/h9-17,19-20,23H,7-8,18,21-22H2,1-6H3,(H,33,37)/t23-/m0/s1. The molecule has 0 aliphatic carbocycles. The highest BCUT2D eigenvalue weighted by atomic mass is 32.2. The van der Waals surface area contributed by atoms with Gasteiger partial charge in [0.2, 0.25) is 11.8 Å². The van der Waals surface area contributed by atoms with Crippen molar-refractivity contribution in [2.24, 2.45) is 0 Å². The van der Waals surface area contributed by atoms with Gasteiger partial charge in [-0.3, -0.25) is 13.9 Å². The smallest absolute Gasteiger partial charge is 0.264 e. The van der Waals surface area contributed by atoms with Gasteiger partial charge in [-0.25, -0.2) is 8.42 Å². The Morgan fingerprint density at radius 2 is 1.57 bits per heavy atom. The number of nitrogens with one attached hydrogen (secondary N) is 1. The minimum Gasteiger partial charge on any atom is -0.497 e. The van der Waals surface area contributed by atoms with Crippen molar-refractivity contribution in [2.45, 2.75) is 44.7 Å². The molecule has 1 atom stereocenters. The van der Waals surface area contributed by atoms with E-state index in [2.05, 4.69) is 5.32 Å². The zero-order valence-electron chi connectivity index (χ0n) is 26.0. The number of anilines is 1. The molecule has 3 aromatic carbocycles. The number of benzene rings is 3. The SMILES string of the molecule is CCCNC(=O)[C@H](C)N(Cc1cccc(OC)c1)C(=O)CN(c1ccc(OCC)cc1)S(=O)(=O)c1ccc(OC)c(OC)c1. The minimum absolute atomic E-state index is 0.0459. The van der Waals surface area contributed by atoms with E-state index in [9.17, 15) is 18.0 Å². The molecule has 11 nitrogen and oxygen atoms in total. The van der Waals surface area contributed by atoms with Crippen molar-refractivity contribution >= 4 is 27.5 Å². The number of hydrogen-bond acceptors (Lipinski definition) is 8. The van der Waals surface area contributed by atoms with Crippen LogP contribution in [0.3, 0.4) is 0 Å². The lowest BCUT2D eigenvalue weighted by Gasteiger charge is -2.32. The van der Waals surface area contributed by atoms with Crippen LogP contribution in [0.25, 0.3) is 0 Å². The molecule has 0 aliphatic heterocycles. The van der Waals surface area contributed by atoms with Gasteiger partial charge < -0.3 is 29.2 Å². The van der Waals surface area contributed by atoms with Gasteiger partial charge in [-0.1, -0.05) is 19.1 Å². The Labute approximate surface area is 259 Å². The first kappa shape index (κ1) is 34.0. The first-order valence-corrected chi connectivity index (χ1v) is 15.7. The lowest BCUT2D eigenvalue weighted by molar-refractivity contribution is -0.139. The molecule has 44 heavy (non-hydrogen) atoms. The van der Waals surface area contributed by atoms with Crippen molar-refractivity contribution in [1.29, 1.82) is 0 Å². The van der Waals surface area contributed by atoms with Gasteiger partial charge in [0.05, 0.1) is 38.5 Å². The van der Waals surface area contributed by atoms with Crippen LogP contribution in [-0.4, -0.2) is 72.2 Å². The first-order valence-electron chi connectivity index (χ1n) is 14.3. The molecule has 0 bridgehead atoms. The molecule has 2 amide bonds. The van der Waals surface area contributed by atoms with Crippen molar-refractivity contribution in [3.63, 3.8) is 0 Å². The van der Waals surface area contributed by atoms with Gasteiger partial charge in [-0.05, 0) is 74.4 Å². The van der Waals surface area contributed by atoms with Crippen molar-refractivity contribution in [1.82, 2.24) is 10.2 Å². The lowest BCUT2D eigenvalue weighted by Crippen LogP contribution is -2.51. The van der Waals surface area contributed by atoms with E-state index >= 15 is 0 Å². The number of sulfonamides is 1. The van der Waals surface area contributed by atoms with Gasteiger partial charge in [0.25, 0.3) is 10.0 Å². The molecule has 0 heterocycles. The molecular weight excluding hydrogens is 586 g/mol. The van der Waals surface area contributed by atoms with E-state index in [0.717, 1.165) is 10.7 Å². The Balaban J connectivity index is 2.08. The number of carbonyl (C=O) groups is 2. The molecule has 0 spiro atoms. The second kappa shape index (κ2) is 15.9. The molecule has 0 saturated carbocycles. The molecule has 238 valence electrons. The molecule has 0 fully saturated rings. The third-order valence-electron chi connectivity index (χ3n) is 6.86. The lowest BCUT2D eigenvalue weighted by atomic mass is 10.1. The van der Waals surface area contributed by atoms with Crippen LogP contribution in [0.1, 0.15) is 32.8 Å². The van der Waals surface area contributed by atoms with Crippen molar-refractivity contribution in [3.05, 3.63) is 72.3 Å². The summed E-state index contributed by atoms with van der Waals surface area (Å²) in [6.07, 6.45) is 0.720. The molecule has 3 rings (SSSR count). The second-order valence-corrected chi connectivity index (χ2v) is 11.7. The predicted octanol–water partition coefficient (Wildman–Crippen LogP) is 4.25. The fraction of sp³-hybridized carbons (Fsp3) is 0.375. The quantitative estimate of drug-likeness (QED) is 0.250. The normalized spacial score (nSPS) is 11.7. The van der Waals surface area contributed by atoms with Crippen molar-refractivity contribution in [2.75, 3.05) is 45.3 Å². The maximum absolute atomic E-state index is 14.2. The topological polar surface area (TPSA) is 124 Å². The highest BCUT2D eigenvalue weighted by Crippen LogP contribution is 2.33. The number of ether oxygens (including phenoxy) is 4. The number of rotatable bonds is 16. The first-order chi connectivity index (χ1) is 21.1. The highest BCUT2D eigenvalue weighted by Gasteiger charge is 2.33. The Morgan fingerprint density at radius 1 is 0.864 bits per heavy atom. The number of amides is 2. The van der Waals surface area contributed by atoms with Gasteiger partial charge in [0, 0.05) is 19.2 Å². The predicted molar refractivity (Wildman–Crippen MR) is 168 cm³/mol. The maximum atomic E-state index is 14.2. The summed E-state index contributed by atoms with van der Waals surface area (Å²) in [4.78, 5) is 28.4. The molecule has 0 saturated heterocycles. The largest absolute Gasteiger partial charge is 0.497 e. The zero-order chi connectivity index (χ0) is 32.3. The zero-order valence-corrected chi connectivity index (χ0v) is 26.8. The van der Waals surface area contributed by atoms with Gasteiger partial charge in [-0.15, -0.1) is 0 Å². The van der Waals surface area contributed by atoms with E-state index in [0.29, 0.717) is 36.0 Å². The van der Waals surface area contributed by atoms with Gasteiger partial charge in [-0.2, -0.15) is 0 Å². The molecule has 3 aromatic rings. The van der Waals surface area contributed by atoms with E-state index in [1.54, 1.807) is 49.4 Å². The fourth-order valence-corrected chi connectivity index (χ4v) is 5.88. The molecule has 12 heteroatoms. The van der Waals surface area contributed by atoms with Gasteiger partial charge in [0.15, 0.2) is 11.5 Å². The maximum Gasteiger partial charge on any atom is 0.264 e. The van der Waals surface area contributed by atoms with Crippen LogP contribution in [0.5, 0.6) is 23.0 Å². The van der Waals surface area contributed by atoms with E-state index in [4.69, 9.17) is 18.9 Å². The summed E-state index contributed by atoms with van der Waals surface area (Å²) < 4.78 is 50.9. The molecule has 0 aliphatic rings. The van der Waals surface area contributed by atoms with Crippen molar-refractivity contribution in [3.8, 4) is 23.0 Å². The van der Waals surface area contributed by atoms with E-state index < -0.39 is 28.5 Å². The summed E-state index contributed by atoms with van der Waals surface area (Å²) >= 11 is 0. The summed E-state index contributed by atoms with van der Waals surface area (Å²) in [6.45, 7) is 5.73. The van der Waals surface area contributed by atoms with Crippen molar-refractivity contribution < 1.29 is 37.0 Å². The van der Waals surface area contributed by atoms with Crippen LogP contribution >= 0.6 is 0 Å². The number of nitrogens with zero attached hydrogens (tertiary/aromatic N) is 2. The Hall–Kier alpha value is -4.45.